The van der Waals surface area contributed by atoms with E-state index >= 15 is 0 Å². The van der Waals surface area contributed by atoms with E-state index in [2.05, 4.69) is 0 Å². The van der Waals surface area contributed by atoms with E-state index in [1.807, 2.05) is 6.92 Å². The van der Waals surface area contributed by atoms with E-state index in [-0.39, 0.29) is 24.0 Å². The molecule has 4 bridgehead atoms. The van der Waals surface area contributed by atoms with Gasteiger partial charge in [-0.25, -0.2) is 0 Å². The van der Waals surface area contributed by atoms with Gasteiger partial charge in [-0.1, -0.05) is 6.92 Å². The fourth-order valence-electron chi connectivity index (χ4n) is 5.34. The number of hydrogen-bond acceptors (Lipinski definition) is 4. The molecule has 4 nitrogen and oxygen atoms in total. The summed E-state index contributed by atoms with van der Waals surface area (Å²) in [7, 11) is 1.38. The Hall–Kier alpha value is -1.06. The van der Waals surface area contributed by atoms with E-state index < -0.39 is 5.41 Å². The average molecular weight is 308 g/mol. The van der Waals surface area contributed by atoms with Gasteiger partial charge >= 0.3 is 11.9 Å². The molecule has 1 atom stereocenters. The normalized spacial score (nSPS) is 38.4. The second kappa shape index (κ2) is 5.54. The summed E-state index contributed by atoms with van der Waals surface area (Å²) in [6.07, 6.45) is 7.78. The molecule has 4 heteroatoms. The molecule has 0 spiro atoms. The minimum Gasteiger partial charge on any atom is -0.469 e. The molecule has 4 aliphatic rings. The minimum absolute atomic E-state index is 0.123. The predicted molar refractivity (Wildman–Crippen MR) is 82.0 cm³/mol. The van der Waals surface area contributed by atoms with Crippen LogP contribution in [0, 0.1) is 23.2 Å². The minimum atomic E-state index is -0.770. The van der Waals surface area contributed by atoms with Gasteiger partial charge in [-0.2, -0.15) is 0 Å². The SMILES string of the molecule is CCC(C)(CC(=O)OC12CC3CC(CC(C3)C1)C2)C(=O)OC. The third-order valence-electron chi connectivity index (χ3n) is 6.31. The van der Waals surface area contributed by atoms with Gasteiger partial charge in [-0.3, -0.25) is 9.59 Å². The lowest BCUT2D eigenvalue weighted by molar-refractivity contribution is -0.190. The van der Waals surface area contributed by atoms with E-state index in [9.17, 15) is 9.59 Å². The smallest absolute Gasteiger partial charge is 0.312 e. The lowest BCUT2D eigenvalue weighted by atomic mass is 9.54. The largest absolute Gasteiger partial charge is 0.469 e. The van der Waals surface area contributed by atoms with Crippen molar-refractivity contribution in [3.8, 4) is 0 Å². The molecule has 0 amide bonds. The molecule has 0 aromatic carbocycles. The summed E-state index contributed by atoms with van der Waals surface area (Å²) in [5.41, 5.74) is -0.995. The van der Waals surface area contributed by atoms with Crippen LogP contribution in [0.4, 0.5) is 0 Å². The Morgan fingerprint density at radius 3 is 2.00 bits per heavy atom. The zero-order valence-electron chi connectivity index (χ0n) is 14.0. The summed E-state index contributed by atoms with van der Waals surface area (Å²) in [6, 6.07) is 0. The Balaban J connectivity index is 1.66. The van der Waals surface area contributed by atoms with E-state index in [0.717, 1.165) is 37.0 Å². The van der Waals surface area contributed by atoms with Gasteiger partial charge in [0.25, 0.3) is 0 Å². The third kappa shape index (κ3) is 2.77. The molecule has 0 saturated heterocycles. The number of hydrogen-bond donors (Lipinski definition) is 0. The molecule has 0 aliphatic heterocycles. The second-order valence-corrected chi connectivity index (χ2v) is 8.16. The van der Waals surface area contributed by atoms with Crippen LogP contribution < -0.4 is 0 Å². The first-order valence-electron chi connectivity index (χ1n) is 8.68. The summed E-state index contributed by atoms with van der Waals surface area (Å²) in [6.45, 7) is 3.70. The van der Waals surface area contributed by atoms with Gasteiger partial charge in [0.05, 0.1) is 18.9 Å². The van der Waals surface area contributed by atoms with Crippen molar-refractivity contribution in [2.75, 3.05) is 7.11 Å². The first kappa shape index (κ1) is 15.8. The number of methoxy groups -OCH3 is 1. The molecule has 4 saturated carbocycles. The van der Waals surface area contributed by atoms with E-state index in [1.54, 1.807) is 6.92 Å². The first-order chi connectivity index (χ1) is 10.4. The van der Waals surface area contributed by atoms with Gasteiger partial charge in [0.2, 0.25) is 0 Å². The Bertz CT molecular complexity index is 434. The maximum absolute atomic E-state index is 12.5. The van der Waals surface area contributed by atoms with Crippen LogP contribution in [-0.2, 0) is 19.1 Å². The van der Waals surface area contributed by atoms with Crippen LogP contribution in [0.25, 0.3) is 0 Å². The monoisotopic (exact) mass is 308 g/mol. The Labute approximate surface area is 132 Å². The molecule has 0 aromatic rings. The van der Waals surface area contributed by atoms with Crippen molar-refractivity contribution in [3.63, 3.8) is 0 Å². The number of carbonyl (C=O) groups excluding carboxylic acids is 2. The molecule has 4 fully saturated rings. The third-order valence-corrected chi connectivity index (χ3v) is 6.31. The highest BCUT2D eigenvalue weighted by Gasteiger charge is 2.53. The van der Waals surface area contributed by atoms with E-state index in [1.165, 1.54) is 26.4 Å². The highest BCUT2D eigenvalue weighted by Crippen LogP contribution is 2.57. The number of esters is 2. The quantitative estimate of drug-likeness (QED) is 0.730. The van der Waals surface area contributed by atoms with Gasteiger partial charge in [0.1, 0.15) is 5.60 Å². The van der Waals surface area contributed by atoms with Crippen molar-refractivity contribution in [2.24, 2.45) is 23.2 Å². The molecule has 4 rings (SSSR count). The van der Waals surface area contributed by atoms with Crippen molar-refractivity contribution < 1.29 is 19.1 Å². The van der Waals surface area contributed by atoms with Crippen LogP contribution in [-0.4, -0.2) is 24.6 Å². The van der Waals surface area contributed by atoms with Crippen LogP contribution in [0.2, 0.25) is 0 Å². The summed E-state index contributed by atoms with van der Waals surface area (Å²) in [4.78, 5) is 24.4. The Kier molecular flexibility index (Phi) is 3.98. The number of rotatable bonds is 5. The van der Waals surface area contributed by atoms with Gasteiger partial charge in [0.15, 0.2) is 0 Å². The molecule has 0 heterocycles. The summed E-state index contributed by atoms with van der Waals surface area (Å²) in [5.74, 6) is 1.70. The molecular formula is C18H28O4. The molecule has 0 N–H and O–H groups in total. The van der Waals surface area contributed by atoms with Crippen molar-refractivity contribution >= 4 is 11.9 Å². The molecule has 22 heavy (non-hydrogen) atoms. The van der Waals surface area contributed by atoms with Crippen molar-refractivity contribution in [2.45, 2.75) is 70.8 Å². The second-order valence-electron chi connectivity index (χ2n) is 8.16. The molecule has 1 unspecified atom stereocenters. The maximum Gasteiger partial charge on any atom is 0.312 e. The van der Waals surface area contributed by atoms with Gasteiger partial charge < -0.3 is 9.47 Å². The highest BCUT2D eigenvalue weighted by atomic mass is 16.6. The maximum atomic E-state index is 12.5. The van der Waals surface area contributed by atoms with Gasteiger partial charge in [-0.15, -0.1) is 0 Å². The molecular weight excluding hydrogens is 280 g/mol. The standard InChI is InChI=1S/C18H28O4/c1-4-17(2,16(20)21-3)11-15(19)22-18-8-12-5-13(9-18)7-14(6-12)10-18/h12-14H,4-11H2,1-3H3. The summed E-state index contributed by atoms with van der Waals surface area (Å²) >= 11 is 0. The molecule has 4 aliphatic carbocycles. The zero-order valence-corrected chi connectivity index (χ0v) is 14.0. The van der Waals surface area contributed by atoms with E-state index in [0.29, 0.717) is 6.42 Å². The Morgan fingerprint density at radius 2 is 1.59 bits per heavy atom. The Morgan fingerprint density at radius 1 is 1.09 bits per heavy atom. The lowest BCUT2D eigenvalue weighted by Gasteiger charge is -2.55. The molecule has 0 aromatic heterocycles. The number of ether oxygens (including phenoxy) is 2. The fourth-order valence-corrected chi connectivity index (χ4v) is 5.34. The fraction of sp³-hybridized carbons (Fsp3) is 0.889. The first-order valence-corrected chi connectivity index (χ1v) is 8.68. The zero-order chi connectivity index (χ0) is 16.0. The molecule has 124 valence electrons. The van der Waals surface area contributed by atoms with Crippen molar-refractivity contribution in [1.82, 2.24) is 0 Å². The number of carbonyl (C=O) groups is 2. The van der Waals surface area contributed by atoms with Crippen LogP contribution in [0.1, 0.15) is 65.2 Å². The molecule has 0 radical (unpaired) electrons. The van der Waals surface area contributed by atoms with Crippen LogP contribution in [0.15, 0.2) is 0 Å². The summed E-state index contributed by atoms with van der Waals surface area (Å²) < 4.78 is 10.9. The van der Waals surface area contributed by atoms with Crippen LogP contribution in [0.5, 0.6) is 0 Å². The van der Waals surface area contributed by atoms with Crippen LogP contribution in [0.3, 0.4) is 0 Å². The van der Waals surface area contributed by atoms with Gasteiger partial charge in [-0.05, 0) is 69.6 Å². The van der Waals surface area contributed by atoms with Crippen LogP contribution >= 0.6 is 0 Å². The predicted octanol–water partition coefficient (Wildman–Crippen LogP) is 3.48. The highest BCUT2D eigenvalue weighted by molar-refractivity contribution is 5.83. The summed E-state index contributed by atoms with van der Waals surface area (Å²) in [5, 5.41) is 0. The van der Waals surface area contributed by atoms with Crippen molar-refractivity contribution in [1.29, 1.82) is 0 Å². The van der Waals surface area contributed by atoms with E-state index in [4.69, 9.17) is 9.47 Å². The lowest BCUT2D eigenvalue weighted by Crippen LogP contribution is -2.53. The topological polar surface area (TPSA) is 52.6 Å². The average Bonchev–Trinajstić information content (AvgIpc) is 2.43. The van der Waals surface area contributed by atoms with Gasteiger partial charge in [0, 0.05) is 0 Å². The van der Waals surface area contributed by atoms with Crippen molar-refractivity contribution in [3.05, 3.63) is 0 Å².